The van der Waals surface area contributed by atoms with Crippen molar-refractivity contribution in [2.24, 2.45) is 0 Å². The summed E-state index contributed by atoms with van der Waals surface area (Å²) in [6.45, 7) is 4.37. The zero-order chi connectivity index (χ0) is 9.40. The predicted molar refractivity (Wildman–Crippen MR) is 52.6 cm³/mol. The van der Waals surface area contributed by atoms with E-state index in [0.29, 0.717) is 6.54 Å². The monoisotopic (exact) mass is 191 g/mol. The van der Waals surface area contributed by atoms with E-state index < -0.39 is 0 Å². The lowest BCUT2D eigenvalue weighted by Gasteiger charge is -2.08. The minimum Gasteiger partial charge on any atom is -0.447 e. The molecule has 0 radical (unpaired) electrons. The molecule has 0 aliphatic rings. The molecule has 1 N–H and O–H groups in total. The molecule has 0 bridgehead atoms. The van der Waals surface area contributed by atoms with Crippen LogP contribution in [0.3, 0.4) is 0 Å². The van der Waals surface area contributed by atoms with Gasteiger partial charge in [-0.1, -0.05) is 0 Å². The highest BCUT2D eigenvalue weighted by molar-refractivity contribution is 7.98. The van der Waals surface area contributed by atoms with E-state index in [2.05, 4.69) is 5.32 Å². The predicted octanol–water partition coefficient (Wildman–Crippen LogP) is 1.87. The Bertz CT molecular complexity index is 128. The first-order valence-electron chi connectivity index (χ1n) is 4.10. The summed E-state index contributed by atoms with van der Waals surface area (Å²) in [7, 11) is 0. The molecule has 0 atom stereocenters. The summed E-state index contributed by atoms with van der Waals surface area (Å²) in [5.41, 5.74) is 0. The van der Waals surface area contributed by atoms with Gasteiger partial charge < -0.3 is 10.1 Å². The number of carbonyl (C=O) groups excluding carboxylic acids is 1. The van der Waals surface area contributed by atoms with Crippen LogP contribution in [0.2, 0.25) is 0 Å². The Morgan fingerprint density at radius 3 is 2.75 bits per heavy atom. The van der Waals surface area contributed by atoms with E-state index in [1.807, 2.05) is 20.1 Å². The second kappa shape index (κ2) is 7.28. The Morgan fingerprint density at radius 2 is 2.25 bits per heavy atom. The molecule has 0 spiro atoms. The summed E-state index contributed by atoms with van der Waals surface area (Å²) in [6.07, 6.45) is 2.69. The first-order valence-corrected chi connectivity index (χ1v) is 5.49. The van der Waals surface area contributed by atoms with Crippen molar-refractivity contribution < 1.29 is 9.53 Å². The fourth-order valence-corrected chi connectivity index (χ4v) is 1.10. The molecule has 0 aromatic carbocycles. The van der Waals surface area contributed by atoms with Gasteiger partial charge in [-0.05, 0) is 32.3 Å². The molecule has 0 saturated carbocycles. The van der Waals surface area contributed by atoms with Crippen LogP contribution in [0.15, 0.2) is 0 Å². The molecule has 4 heteroatoms. The third-order valence-corrected chi connectivity index (χ3v) is 1.83. The minimum atomic E-state index is -0.314. The normalized spacial score (nSPS) is 10.0. The average Bonchev–Trinajstić information content (AvgIpc) is 1.97. The molecule has 0 aliphatic heterocycles. The molecule has 0 heterocycles. The van der Waals surface area contributed by atoms with Crippen molar-refractivity contribution in [3.63, 3.8) is 0 Å². The van der Waals surface area contributed by atoms with Gasteiger partial charge in [0.2, 0.25) is 0 Å². The van der Waals surface area contributed by atoms with Crippen molar-refractivity contribution in [3.05, 3.63) is 0 Å². The van der Waals surface area contributed by atoms with Crippen molar-refractivity contribution in [2.45, 2.75) is 26.4 Å². The van der Waals surface area contributed by atoms with E-state index in [1.165, 1.54) is 0 Å². The van der Waals surface area contributed by atoms with Gasteiger partial charge >= 0.3 is 6.09 Å². The number of alkyl carbamates (subject to hydrolysis) is 1. The SMILES string of the molecule is CSCCCNC(=O)OC(C)C. The number of rotatable bonds is 5. The molecule has 12 heavy (non-hydrogen) atoms. The fraction of sp³-hybridized carbons (Fsp3) is 0.875. The lowest BCUT2D eigenvalue weighted by atomic mass is 10.5. The van der Waals surface area contributed by atoms with Gasteiger partial charge in [0, 0.05) is 6.54 Å². The molecule has 0 fully saturated rings. The number of hydrogen-bond donors (Lipinski definition) is 1. The lowest BCUT2D eigenvalue weighted by Crippen LogP contribution is -2.27. The Morgan fingerprint density at radius 1 is 1.58 bits per heavy atom. The van der Waals surface area contributed by atoms with E-state index in [9.17, 15) is 4.79 Å². The number of hydrogen-bond acceptors (Lipinski definition) is 3. The van der Waals surface area contributed by atoms with E-state index >= 15 is 0 Å². The van der Waals surface area contributed by atoms with Crippen LogP contribution in [0.25, 0.3) is 0 Å². The molecule has 0 unspecified atom stereocenters. The van der Waals surface area contributed by atoms with Gasteiger partial charge in [-0.2, -0.15) is 11.8 Å². The second-order valence-corrected chi connectivity index (χ2v) is 3.71. The number of thioether (sulfide) groups is 1. The van der Waals surface area contributed by atoms with Gasteiger partial charge in [0.1, 0.15) is 0 Å². The van der Waals surface area contributed by atoms with E-state index in [0.717, 1.165) is 12.2 Å². The van der Waals surface area contributed by atoms with Crippen molar-refractivity contribution in [3.8, 4) is 0 Å². The topological polar surface area (TPSA) is 38.3 Å². The van der Waals surface area contributed by atoms with Gasteiger partial charge in [0.05, 0.1) is 6.10 Å². The van der Waals surface area contributed by atoms with Gasteiger partial charge in [-0.15, -0.1) is 0 Å². The third kappa shape index (κ3) is 7.72. The summed E-state index contributed by atoms with van der Waals surface area (Å²) < 4.78 is 4.87. The highest BCUT2D eigenvalue weighted by atomic mass is 32.2. The van der Waals surface area contributed by atoms with Crippen LogP contribution >= 0.6 is 11.8 Å². The Labute approximate surface area is 78.2 Å². The largest absolute Gasteiger partial charge is 0.447 e. The highest BCUT2D eigenvalue weighted by Gasteiger charge is 2.02. The summed E-state index contributed by atoms with van der Waals surface area (Å²) in [5.74, 6) is 1.07. The molecule has 1 amide bonds. The molecule has 0 aromatic heterocycles. The standard InChI is InChI=1S/C8H17NO2S/c1-7(2)11-8(10)9-5-4-6-12-3/h7H,4-6H2,1-3H3,(H,9,10). The molecule has 72 valence electrons. The van der Waals surface area contributed by atoms with Crippen LogP contribution in [0, 0.1) is 0 Å². The molecule has 0 rings (SSSR count). The smallest absolute Gasteiger partial charge is 0.407 e. The van der Waals surface area contributed by atoms with Crippen molar-refractivity contribution in [2.75, 3.05) is 18.6 Å². The number of amides is 1. The van der Waals surface area contributed by atoms with Crippen LogP contribution in [-0.4, -0.2) is 30.8 Å². The quantitative estimate of drug-likeness (QED) is 0.674. The average molecular weight is 191 g/mol. The van der Waals surface area contributed by atoms with Crippen LogP contribution in [0.5, 0.6) is 0 Å². The summed E-state index contributed by atoms with van der Waals surface area (Å²) >= 11 is 1.78. The summed E-state index contributed by atoms with van der Waals surface area (Å²) in [6, 6.07) is 0. The maximum Gasteiger partial charge on any atom is 0.407 e. The molecular weight excluding hydrogens is 174 g/mol. The van der Waals surface area contributed by atoms with Gasteiger partial charge in [0.15, 0.2) is 0 Å². The summed E-state index contributed by atoms with van der Waals surface area (Å²) in [4.78, 5) is 10.9. The van der Waals surface area contributed by atoms with Crippen LogP contribution in [0.1, 0.15) is 20.3 Å². The third-order valence-electron chi connectivity index (χ3n) is 1.14. The highest BCUT2D eigenvalue weighted by Crippen LogP contribution is 1.94. The van der Waals surface area contributed by atoms with E-state index in [4.69, 9.17) is 4.74 Å². The maximum atomic E-state index is 10.9. The van der Waals surface area contributed by atoms with Gasteiger partial charge in [0.25, 0.3) is 0 Å². The first-order chi connectivity index (χ1) is 5.66. The molecule has 0 saturated heterocycles. The zero-order valence-electron chi connectivity index (χ0n) is 7.92. The zero-order valence-corrected chi connectivity index (χ0v) is 8.74. The Kier molecular flexibility index (Phi) is 7.05. The summed E-state index contributed by atoms with van der Waals surface area (Å²) in [5, 5.41) is 2.67. The van der Waals surface area contributed by atoms with E-state index in [1.54, 1.807) is 11.8 Å². The van der Waals surface area contributed by atoms with Crippen molar-refractivity contribution >= 4 is 17.9 Å². The van der Waals surface area contributed by atoms with E-state index in [-0.39, 0.29) is 12.2 Å². The molecule has 0 aliphatic carbocycles. The molecular formula is C8H17NO2S. The first kappa shape index (κ1) is 11.6. The lowest BCUT2D eigenvalue weighted by molar-refractivity contribution is 0.115. The molecule has 3 nitrogen and oxygen atoms in total. The second-order valence-electron chi connectivity index (χ2n) is 2.73. The van der Waals surface area contributed by atoms with Crippen molar-refractivity contribution in [1.82, 2.24) is 5.32 Å². The number of carbonyl (C=O) groups is 1. The van der Waals surface area contributed by atoms with Gasteiger partial charge in [-0.25, -0.2) is 4.79 Å². The van der Waals surface area contributed by atoms with Crippen LogP contribution < -0.4 is 5.32 Å². The number of nitrogens with one attached hydrogen (secondary N) is 1. The van der Waals surface area contributed by atoms with Crippen molar-refractivity contribution in [1.29, 1.82) is 0 Å². The van der Waals surface area contributed by atoms with Crippen LogP contribution in [-0.2, 0) is 4.74 Å². The van der Waals surface area contributed by atoms with Gasteiger partial charge in [-0.3, -0.25) is 0 Å². The van der Waals surface area contributed by atoms with Crippen LogP contribution in [0.4, 0.5) is 4.79 Å². The molecule has 0 aromatic rings. The maximum absolute atomic E-state index is 10.9. The fourth-order valence-electron chi connectivity index (χ4n) is 0.663. The minimum absolute atomic E-state index is 0.0365. The Hall–Kier alpha value is -0.380. The number of ether oxygens (including phenoxy) is 1. The Balaban J connectivity index is 3.20.